The predicted octanol–water partition coefficient (Wildman–Crippen LogP) is 0.838. The Morgan fingerprint density at radius 3 is 2.38 bits per heavy atom. The summed E-state index contributed by atoms with van der Waals surface area (Å²) in [6.07, 6.45) is -3.76. The first-order valence-corrected chi connectivity index (χ1v) is 13.1. The fourth-order valence-corrected chi connectivity index (χ4v) is 5.54. The zero-order valence-corrected chi connectivity index (χ0v) is 21.9. The lowest BCUT2D eigenvalue weighted by atomic mass is 9.94. The van der Waals surface area contributed by atoms with Gasteiger partial charge in [0.15, 0.2) is 16.9 Å². The second-order valence-corrected chi connectivity index (χ2v) is 9.81. The number of rotatable bonds is 7. The second-order valence-electron chi connectivity index (χ2n) is 8.97. The van der Waals surface area contributed by atoms with Crippen LogP contribution in [0.25, 0.3) is 11.1 Å². The third-order valence-electron chi connectivity index (χ3n) is 6.98. The fraction of sp³-hybridized carbons (Fsp3) is 0.500. The number of thioether (sulfide) groups is 1. The van der Waals surface area contributed by atoms with E-state index in [1.165, 1.54) is 18.9 Å². The number of aryl methyl sites for hydroxylation is 1. The Morgan fingerprint density at radius 2 is 1.76 bits per heavy atom. The van der Waals surface area contributed by atoms with Gasteiger partial charge < -0.3 is 39.4 Å². The number of aliphatic hydroxyl groups is 4. The van der Waals surface area contributed by atoms with Crippen molar-refractivity contribution in [3.63, 3.8) is 0 Å². The summed E-state index contributed by atoms with van der Waals surface area (Å²) in [6, 6.07) is 6.58. The minimum Gasteiger partial charge on any atom is -0.493 e. The first-order chi connectivity index (χ1) is 17.8. The molecule has 2 aliphatic rings. The molecule has 2 aromatic rings. The van der Waals surface area contributed by atoms with Gasteiger partial charge in [-0.1, -0.05) is 6.07 Å². The molecule has 202 valence electrons. The van der Waals surface area contributed by atoms with E-state index in [2.05, 4.69) is 5.32 Å². The van der Waals surface area contributed by atoms with Crippen molar-refractivity contribution < 1.29 is 39.4 Å². The molecule has 11 heteroatoms. The van der Waals surface area contributed by atoms with Crippen LogP contribution in [0.1, 0.15) is 23.6 Å². The van der Waals surface area contributed by atoms with Crippen LogP contribution in [-0.2, 0) is 11.2 Å². The summed E-state index contributed by atoms with van der Waals surface area (Å²) in [5, 5.41) is 44.0. The van der Waals surface area contributed by atoms with E-state index >= 15 is 0 Å². The smallest absolute Gasteiger partial charge is 0.203 e. The van der Waals surface area contributed by atoms with E-state index in [0.717, 1.165) is 16.7 Å². The van der Waals surface area contributed by atoms with Gasteiger partial charge in [0.2, 0.25) is 5.75 Å². The highest BCUT2D eigenvalue weighted by Gasteiger charge is 2.44. The van der Waals surface area contributed by atoms with Gasteiger partial charge in [-0.25, -0.2) is 0 Å². The summed E-state index contributed by atoms with van der Waals surface area (Å²) < 4.78 is 22.7. The van der Waals surface area contributed by atoms with E-state index in [1.54, 1.807) is 26.4 Å². The standard InChI is InChI=1S/C26H33NO9S/c1-33-17-9-12-5-7-15(27-26-23(32)22(31)21(30)18(11-28)36-26)14-10-16(29)19(37-4)8-6-13(14)20(12)25(35-3)24(17)34-2/h6,8-10,15,18,21-23,26-28,30-32H,5,7,11H2,1-4H3/t15-,18+,21+,22-,23+,26?/m0/s1. The summed E-state index contributed by atoms with van der Waals surface area (Å²) in [5.74, 6) is 1.40. The molecular weight excluding hydrogens is 502 g/mol. The normalized spacial score (nSPS) is 27.0. The fourth-order valence-electron chi connectivity index (χ4n) is 5.08. The molecule has 2 aromatic carbocycles. The molecule has 5 N–H and O–H groups in total. The Morgan fingerprint density at radius 1 is 1.03 bits per heavy atom. The van der Waals surface area contributed by atoms with E-state index in [9.17, 15) is 25.2 Å². The topological polar surface area (TPSA) is 147 Å². The first-order valence-electron chi connectivity index (χ1n) is 11.9. The van der Waals surface area contributed by atoms with Crippen LogP contribution < -0.4 is 25.0 Å². The van der Waals surface area contributed by atoms with E-state index in [0.29, 0.717) is 40.5 Å². The Kier molecular flexibility index (Phi) is 8.64. The quantitative estimate of drug-likeness (QED) is 0.321. The van der Waals surface area contributed by atoms with Crippen LogP contribution in [0.2, 0.25) is 0 Å². The lowest BCUT2D eigenvalue weighted by Crippen LogP contribution is -2.62. The Labute approximate surface area is 219 Å². The molecule has 6 atom stereocenters. The number of aliphatic hydroxyl groups excluding tert-OH is 4. The van der Waals surface area contributed by atoms with Gasteiger partial charge >= 0.3 is 0 Å². The molecule has 1 aliphatic heterocycles. The Balaban J connectivity index is 1.89. The van der Waals surface area contributed by atoms with Crippen LogP contribution in [-0.4, -0.2) is 85.3 Å². The summed E-state index contributed by atoms with van der Waals surface area (Å²) in [7, 11) is 4.62. The minimum absolute atomic E-state index is 0.169. The molecule has 1 fully saturated rings. The van der Waals surface area contributed by atoms with Gasteiger partial charge in [-0.05, 0) is 54.0 Å². The van der Waals surface area contributed by atoms with Gasteiger partial charge in [0, 0.05) is 11.6 Å². The monoisotopic (exact) mass is 535 g/mol. The molecular formula is C26H33NO9S. The van der Waals surface area contributed by atoms with Crippen LogP contribution in [0, 0.1) is 0 Å². The van der Waals surface area contributed by atoms with Gasteiger partial charge in [-0.3, -0.25) is 10.1 Å². The number of benzene rings is 1. The zero-order chi connectivity index (χ0) is 26.9. The van der Waals surface area contributed by atoms with Crippen LogP contribution in [0.3, 0.4) is 0 Å². The molecule has 1 heterocycles. The average molecular weight is 536 g/mol. The first kappa shape index (κ1) is 27.6. The molecule has 1 aliphatic carbocycles. The molecule has 0 aromatic heterocycles. The van der Waals surface area contributed by atoms with Crippen molar-refractivity contribution in [2.24, 2.45) is 0 Å². The number of fused-ring (bicyclic) bond motifs is 3. The van der Waals surface area contributed by atoms with E-state index in [4.69, 9.17) is 18.9 Å². The van der Waals surface area contributed by atoms with Crippen molar-refractivity contribution in [3.8, 4) is 28.4 Å². The van der Waals surface area contributed by atoms with E-state index in [1.807, 2.05) is 18.4 Å². The second kappa shape index (κ2) is 11.6. The molecule has 0 saturated carbocycles. The van der Waals surface area contributed by atoms with Gasteiger partial charge in [0.05, 0.1) is 32.8 Å². The molecule has 1 saturated heterocycles. The summed E-state index contributed by atoms with van der Waals surface area (Å²) in [4.78, 5) is 13.7. The SMILES string of the molecule is COc1cc2c(c(OC)c1OC)-c1ccc(SC)c(=O)cc1[C@@H](NC1O[C@H](CO)[C@@H](O)[C@H](O)[C@H]1O)CC2. The van der Waals surface area contributed by atoms with Crippen molar-refractivity contribution in [2.45, 2.75) is 54.4 Å². The highest BCUT2D eigenvalue weighted by molar-refractivity contribution is 7.98. The average Bonchev–Trinajstić information content (AvgIpc) is 3.15. The zero-order valence-electron chi connectivity index (χ0n) is 21.1. The van der Waals surface area contributed by atoms with Crippen LogP contribution in [0.5, 0.6) is 17.2 Å². The van der Waals surface area contributed by atoms with Crippen LogP contribution in [0.4, 0.5) is 0 Å². The number of nitrogens with one attached hydrogen (secondary N) is 1. The largest absolute Gasteiger partial charge is 0.493 e. The summed E-state index contributed by atoms with van der Waals surface area (Å²) >= 11 is 1.34. The number of methoxy groups -OCH3 is 3. The molecule has 10 nitrogen and oxygen atoms in total. The summed E-state index contributed by atoms with van der Waals surface area (Å²) in [6.45, 7) is -0.538. The minimum atomic E-state index is -1.52. The predicted molar refractivity (Wildman–Crippen MR) is 138 cm³/mol. The van der Waals surface area contributed by atoms with Crippen molar-refractivity contribution in [3.05, 3.63) is 45.6 Å². The lowest BCUT2D eigenvalue weighted by Gasteiger charge is -2.41. The lowest BCUT2D eigenvalue weighted by molar-refractivity contribution is -0.238. The number of hydrogen-bond acceptors (Lipinski definition) is 11. The highest BCUT2D eigenvalue weighted by Crippen LogP contribution is 2.50. The molecule has 0 spiro atoms. The molecule has 0 radical (unpaired) electrons. The van der Waals surface area contributed by atoms with Gasteiger partial charge in [-0.2, -0.15) is 0 Å². The number of hydrogen-bond donors (Lipinski definition) is 5. The molecule has 0 amide bonds. The third-order valence-corrected chi connectivity index (χ3v) is 7.76. The number of ether oxygens (including phenoxy) is 4. The van der Waals surface area contributed by atoms with Gasteiger partial charge in [-0.15, -0.1) is 11.8 Å². The highest BCUT2D eigenvalue weighted by atomic mass is 32.2. The van der Waals surface area contributed by atoms with E-state index < -0.39 is 43.3 Å². The Bertz CT molecular complexity index is 1190. The van der Waals surface area contributed by atoms with Gasteiger partial charge in [0.25, 0.3) is 0 Å². The maximum Gasteiger partial charge on any atom is 0.203 e. The third kappa shape index (κ3) is 5.05. The Hall–Kier alpha value is -2.38. The maximum absolute atomic E-state index is 13.1. The maximum atomic E-state index is 13.1. The van der Waals surface area contributed by atoms with Crippen molar-refractivity contribution in [1.29, 1.82) is 0 Å². The molecule has 1 unspecified atom stereocenters. The van der Waals surface area contributed by atoms with Crippen molar-refractivity contribution in [2.75, 3.05) is 34.2 Å². The van der Waals surface area contributed by atoms with Crippen molar-refractivity contribution in [1.82, 2.24) is 5.32 Å². The van der Waals surface area contributed by atoms with E-state index in [-0.39, 0.29) is 5.43 Å². The molecule has 0 bridgehead atoms. The van der Waals surface area contributed by atoms with Crippen molar-refractivity contribution >= 4 is 11.8 Å². The summed E-state index contributed by atoms with van der Waals surface area (Å²) in [5.41, 5.74) is 2.88. The molecule has 37 heavy (non-hydrogen) atoms. The van der Waals surface area contributed by atoms with Gasteiger partial charge in [0.1, 0.15) is 30.6 Å². The van der Waals surface area contributed by atoms with Crippen LogP contribution >= 0.6 is 11.8 Å². The van der Waals surface area contributed by atoms with Crippen LogP contribution in [0.15, 0.2) is 34.0 Å². The molecule has 4 rings (SSSR count).